The molecule has 0 fully saturated rings. The summed E-state index contributed by atoms with van der Waals surface area (Å²) in [5, 5.41) is 0. The van der Waals surface area contributed by atoms with Gasteiger partial charge in [-0.05, 0) is 24.6 Å². The van der Waals surface area contributed by atoms with Crippen LogP contribution in [0.4, 0.5) is 0 Å². The molecule has 2 rings (SSSR count). The molecule has 0 bridgehead atoms. The molecule has 0 saturated heterocycles. The lowest BCUT2D eigenvalue weighted by Gasteiger charge is -2.20. The number of rotatable bonds is 4. The molecule has 2 N–H and O–H groups in total. The first-order valence-electron chi connectivity index (χ1n) is 5.72. The number of benzene rings is 1. The Morgan fingerprint density at radius 1 is 1.29 bits per heavy atom. The fraction of sp³-hybridized carbons (Fsp3) is 0.214. The van der Waals surface area contributed by atoms with Crippen molar-refractivity contribution in [1.29, 1.82) is 0 Å². The average Bonchev–Trinajstić information content (AvgIpc) is 2.38. The van der Waals surface area contributed by atoms with Gasteiger partial charge < -0.3 is 10.6 Å². The van der Waals surface area contributed by atoms with E-state index in [4.69, 9.17) is 5.73 Å². The molecule has 0 spiro atoms. The lowest BCUT2D eigenvalue weighted by atomic mass is 10.1. The Bertz CT molecular complexity index is 449. The number of carbonyl (C=O) groups excluding carboxylic acids is 1. The summed E-state index contributed by atoms with van der Waals surface area (Å²) < 4.78 is 0. The predicted octanol–water partition coefficient (Wildman–Crippen LogP) is 1.82. The Labute approximate surface area is 101 Å². The lowest BCUT2D eigenvalue weighted by Crippen LogP contribution is -2.22. The molecule has 1 heterocycles. The number of amides is 1. The summed E-state index contributed by atoms with van der Waals surface area (Å²) in [4.78, 5) is 13.1. The van der Waals surface area contributed by atoms with Crippen LogP contribution in [-0.4, -0.2) is 17.4 Å². The highest BCUT2D eigenvalue weighted by molar-refractivity contribution is 5.92. The first-order chi connectivity index (χ1) is 8.25. The molecule has 17 heavy (non-hydrogen) atoms. The molecule has 1 aliphatic rings. The summed E-state index contributed by atoms with van der Waals surface area (Å²) in [7, 11) is 0. The number of nitrogens with zero attached hydrogens (tertiary/aromatic N) is 1. The average molecular weight is 228 g/mol. The topological polar surface area (TPSA) is 46.3 Å². The van der Waals surface area contributed by atoms with Crippen molar-refractivity contribution in [2.75, 3.05) is 6.54 Å². The second-order valence-electron chi connectivity index (χ2n) is 4.08. The molecule has 88 valence electrons. The molecular formula is C14H16N2O. The molecule has 0 unspecified atom stereocenters. The van der Waals surface area contributed by atoms with Crippen LogP contribution in [0.5, 0.6) is 0 Å². The summed E-state index contributed by atoms with van der Waals surface area (Å²) in [6.45, 7) is 0.858. The maximum atomic E-state index is 11.1. The smallest absolute Gasteiger partial charge is 0.246 e. The van der Waals surface area contributed by atoms with E-state index < -0.39 is 0 Å². The minimum atomic E-state index is -0.334. The number of allylic oxidation sites excluding steroid dienone is 1. The highest BCUT2D eigenvalue weighted by atomic mass is 16.1. The fourth-order valence-corrected chi connectivity index (χ4v) is 1.82. The molecule has 1 aromatic carbocycles. The number of primary amides is 1. The third kappa shape index (κ3) is 3.21. The lowest BCUT2D eigenvalue weighted by molar-refractivity contribution is -0.114. The second kappa shape index (κ2) is 5.34. The van der Waals surface area contributed by atoms with Gasteiger partial charge in [-0.3, -0.25) is 4.79 Å². The van der Waals surface area contributed by atoms with E-state index in [0.717, 1.165) is 13.0 Å². The van der Waals surface area contributed by atoms with E-state index in [9.17, 15) is 4.79 Å². The van der Waals surface area contributed by atoms with Gasteiger partial charge in [0.2, 0.25) is 5.91 Å². The number of hydrogen-bond acceptors (Lipinski definition) is 2. The third-order valence-electron chi connectivity index (χ3n) is 2.77. The van der Waals surface area contributed by atoms with Gasteiger partial charge in [0, 0.05) is 18.3 Å². The molecule has 0 aliphatic carbocycles. The van der Waals surface area contributed by atoms with Crippen molar-refractivity contribution in [1.82, 2.24) is 4.90 Å². The molecule has 0 atom stereocenters. The first kappa shape index (κ1) is 11.5. The van der Waals surface area contributed by atoms with Gasteiger partial charge in [-0.2, -0.15) is 0 Å². The van der Waals surface area contributed by atoms with E-state index in [-0.39, 0.29) is 5.91 Å². The number of nitrogens with two attached hydrogens (primary N) is 1. The highest BCUT2D eigenvalue weighted by Gasteiger charge is 2.09. The predicted molar refractivity (Wildman–Crippen MR) is 67.9 cm³/mol. The normalized spacial score (nSPS) is 14.6. The minimum absolute atomic E-state index is 0.334. The molecule has 1 amide bonds. The van der Waals surface area contributed by atoms with E-state index in [1.165, 1.54) is 5.56 Å². The Hall–Kier alpha value is -2.03. The second-order valence-corrected chi connectivity index (χ2v) is 4.08. The minimum Gasteiger partial charge on any atom is -0.366 e. The number of hydrogen-bond donors (Lipinski definition) is 1. The van der Waals surface area contributed by atoms with Crippen LogP contribution in [0.3, 0.4) is 0 Å². The van der Waals surface area contributed by atoms with Crippen LogP contribution in [0.2, 0.25) is 0 Å². The van der Waals surface area contributed by atoms with Crippen molar-refractivity contribution in [3.63, 3.8) is 0 Å². The quantitative estimate of drug-likeness (QED) is 0.854. The third-order valence-corrected chi connectivity index (χ3v) is 2.77. The van der Waals surface area contributed by atoms with Gasteiger partial charge in [0.15, 0.2) is 0 Å². The zero-order valence-electron chi connectivity index (χ0n) is 9.67. The molecule has 1 aliphatic heterocycles. The van der Waals surface area contributed by atoms with Gasteiger partial charge in [0.05, 0.1) is 0 Å². The van der Waals surface area contributed by atoms with E-state index in [2.05, 4.69) is 12.1 Å². The van der Waals surface area contributed by atoms with Crippen LogP contribution in [0.15, 0.2) is 54.4 Å². The highest BCUT2D eigenvalue weighted by Crippen LogP contribution is 2.12. The van der Waals surface area contributed by atoms with E-state index in [1.807, 2.05) is 41.6 Å². The zero-order valence-corrected chi connectivity index (χ0v) is 9.67. The molecule has 0 radical (unpaired) electrons. The van der Waals surface area contributed by atoms with Gasteiger partial charge in [0.1, 0.15) is 0 Å². The number of carbonyl (C=O) groups is 1. The standard InChI is InChI=1S/C14H16N2O/c15-14(17)13-7-4-9-16(11-13)10-8-12-5-2-1-3-6-12/h1-6,9,11H,7-8,10H2,(H2,15,17). The van der Waals surface area contributed by atoms with Gasteiger partial charge in [-0.15, -0.1) is 0 Å². The van der Waals surface area contributed by atoms with E-state index in [1.54, 1.807) is 0 Å². The Kier molecular flexibility index (Phi) is 3.60. The maximum absolute atomic E-state index is 11.1. The van der Waals surface area contributed by atoms with Crippen LogP contribution in [-0.2, 0) is 11.2 Å². The van der Waals surface area contributed by atoms with Crippen LogP contribution >= 0.6 is 0 Å². The molecule has 3 heteroatoms. The summed E-state index contributed by atoms with van der Waals surface area (Å²) >= 11 is 0. The van der Waals surface area contributed by atoms with Gasteiger partial charge in [-0.1, -0.05) is 36.4 Å². The van der Waals surface area contributed by atoms with Crippen molar-refractivity contribution < 1.29 is 4.79 Å². The summed E-state index contributed by atoms with van der Waals surface area (Å²) in [5.41, 5.74) is 7.23. The van der Waals surface area contributed by atoms with Crippen LogP contribution in [0.1, 0.15) is 12.0 Å². The Balaban J connectivity index is 1.93. The maximum Gasteiger partial charge on any atom is 0.246 e. The van der Waals surface area contributed by atoms with Crippen LogP contribution in [0, 0.1) is 0 Å². The van der Waals surface area contributed by atoms with Crippen molar-refractivity contribution in [3.8, 4) is 0 Å². The molecule has 0 saturated carbocycles. The molecule has 0 aromatic heterocycles. The summed E-state index contributed by atoms with van der Waals surface area (Å²) in [5.74, 6) is -0.334. The van der Waals surface area contributed by atoms with Gasteiger partial charge in [-0.25, -0.2) is 0 Å². The van der Waals surface area contributed by atoms with Crippen molar-refractivity contribution >= 4 is 5.91 Å². The van der Waals surface area contributed by atoms with Crippen molar-refractivity contribution in [3.05, 3.63) is 59.9 Å². The van der Waals surface area contributed by atoms with E-state index >= 15 is 0 Å². The fourth-order valence-electron chi connectivity index (χ4n) is 1.82. The SMILES string of the molecule is NC(=O)C1=CN(CCc2ccccc2)C=CC1. The van der Waals surface area contributed by atoms with E-state index in [0.29, 0.717) is 12.0 Å². The molecular weight excluding hydrogens is 212 g/mol. The molecule has 3 nitrogen and oxygen atoms in total. The van der Waals surface area contributed by atoms with Crippen LogP contribution in [0.25, 0.3) is 0 Å². The van der Waals surface area contributed by atoms with Crippen LogP contribution < -0.4 is 5.73 Å². The van der Waals surface area contributed by atoms with Crippen molar-refractivity contribution in [2.45, 2.75) is 12.8 Å². The summed E-state index contributed by atoms with van der Waals surface area (Å²) in [6.07, 6.45) is 7.39. The molecule has 1 aromatic rings. The first-order valence-corrected chi connectivity index (χ1v) is 5.72. The largest absolute Gasteiger partial charge is 0.366 e. The van der Waals surface area contributed by atoms with Gasteiger partial charge in [0.25, 0.3) is 0 Å². The van der Waals surface area contributed by atoms with Crippen molar-refractivity contribution in [2.24, 2.45) is 5.73 Å². The monoisotopic (exact) mass is 228 g/mol. The Morgan fingerprint density at radius 2 is 2.06 bits per heavy atom. The van der Waals surface area contributed by atoms with Gasteiger partial charge >= 0.3 is 0 Å². The summed E-state index contributed by atoms with van der Waals surface area (Å²) in [6, 6.07) is 10.3. The zero-order chi connectivity index (χ0) is 12.1. The Morgan fingerprint density at radius 3 is 2.76 bits per heavy atom.